The molecule has 2 heterocycles. The lowest BCUT2D eigenvalue weighted by atomic mass is 9.92. The molecular weight excluding hydrogens is 282 g/mol. The predicted molar refractivity (Wildman–Crippen MR) is 75.9 cm³/mol. The highest BCUT2D eigenvalue weighted by Gasteiger charge is 2.25. The highest BCUT2D eigenvalue weighted by atomic mass is 32.2. The van der Waals surface area contributed by atoms with E-state index in [2.05, 4.69) is 14.7 Å². The Hall–Kier alpha value is -1.18. The standard InChI is InChI=1S/C12H17N3O2S2/c1-9-13-7-11(15-9)19(16,17)14-8-12(2,3)10-5-4-6-18-10/h4-7,14H,8H2,1-3H3,(H,13,15). The molecule has 2 aromatic rings. The summed E-state index contributed by atoms with van der Waals surface area (Å²) in [6.07, 6.45) is 1.33. The zero-order valence-electron chi connectivity index (χ0n) is 11.1. The van der Waals surface area contributed by atoms with Crippen molar-refractivity contribution in [3.05, 3.63) is 34.4 Å². The van der Waals surface area contributed by atoms with Crippen LogP contribution in [0.2, 0.25) is 0 Å². The van der Waals surface area contributed by atoms with Crippen LogP contribution in [0, 0.1) is 6.92 Å². The number of thiophene rings is 1. The van der Waals surface area contributed by atoms with Crippen molar-refractivity contribution in [1.29, 1.82) is 0 Å². The third-order valence-corrected chi connectivity index (χ3v) is 5.41. The van der Waals surface area contributed by atoms with Crippen LogP contribution in [0.15, 0.2) is 28.7 Å². The SMILES string of the molecule is Cc1ncc(S(=O)(=O)NCC(C)(C)c2cccs2)[nH]1. The minimum absolute atomic E-state index is 0.104. The first kappa shape index (κ1) is 14.2. The van der Waals surface area contributed by atoms with E-state index in [-0.39, 0.29) is 10.4 Å². The van der Waals surface area contributed by atoms with Gasteiger partial charge in [0.2, 0.25) is 0 Å². The lowest BCUT2D eigenvalue weighted by Gasteiger charge is -2.23. The highest BCUT2D eigenvalue weighted by Crippen LogP contribution is 2.27. The van der Waals surface area contributed by atoms with Crippen molar-refractivity contribution < 1.29 is 8.42 Å². The second kappa shape index (κ2) is 5.07. The topological polar surface area (TPSA) is 74.8 Å². The number of nitrogens with one attached hydrogen (secondary N) is 2. The maximum atomic E-state index is 12.1. The number of imidazole rings is 1. The molecule has 104 valence electrons. The number of nitrogens with zero attached hydrogens (tertiary/aromatic N) is 1. The molecule has 0 aromatic carbocycles. The van der Waals surface area contributed by atoms with Gasteiger partial charge in [-0.15, -0.1) is 11.3 Å². The van der Waals surface area contributed by atoms with E-state index in [4.69, 9.17) is 0 Å². The minimum Gasteiger partial charge on any atom is -0.332 e. The van der Waals surface area contributed by atoms with E-state index in [9.17, 15) is 8.42 Å². The second-order valence-corrected chi connectivity index (χ2v) is 7.70. The van der Waals surface area contributed by atoms with Gasteiger partial charge in [-0.05, 0) is 18.4 Å². The molecule has 2 rings (SSSR count). The van der Waals surface area contributed by atoms with E-state index in [0.717, 1.165) is 4.88 Å². The van der Waals surface area contributed by atoms with Crippen molar-refractivity contribution in [2.24, 2.45) is 0 Å². The van der Waals surface area contributed by atoms with Crippen LogP contribution in [0.5, 0.6) is 0 Å². The summed E-state index contributed by atoms with van der Waals surface area (Å²) in [4.78, 5) is 7.78. The molecule has 0 spiro atoms. The van der Waals surface area contributed by atoms with Crippen LogP contribution < -0.4 is 4.72 Å². The van der Waals surface area contributed by atoms with Crippen molar-refractivity contribution in [3.63, 3.8) is 0 Å². The van der Waals surface area contributed by atoms with E-state index in [0.29, 0.717) is 12.4 Å². The van der Waals surface area contributed by atoms with Crippen molar-refractivity contribution in [2.75, 3.05) is 6.54 Å². The summed E-state index contributed by atoms with van der Waals surface area (Å²) >= 11 is 1.63. The van der Waals surface area contributed by atoms with Gasteiger partial charge in [0.25, 0.3) is 10.0 Å². The van der Waals surface area contributed by atoms with Gasteiger partial charge in [0, 0.05) is 16.8 Å². The van der Waals surface area contributed by atoms with E-state index in [1.54, 1.807) is 18.3 Å². The number of H-pyrrole nitrogens is 1. The molecule has 0 unspecified atom stereocenters. The summed E-state index contributed by atoms with van der Waals surface area (Å²) in [5.41, 5.74) is -0.240. The Balaban J connectivity index is 2.10. The molecule has 0 amide bonds. The number of aromatic amines is 1. The molecule has 5 nitrogen and oxygen atoms in total. The van der Waals surface area contributed by atoms with Crippen LogP contribution in [0.1, 0.15) is 24.5 Å². The fraction of sp³-hybridized carbons (Fsp3) is 0.417. The van der Waals surface area contributed by atoms with E-state index in [1.807, 2.05) is 31.4 Å². The molecule has 0 saturated carbocycles. The smallest absolute Gasteiger partial charge is 0.257 e. The average molecular weight is 299 g/mol. The van der Waals surface area contributed by atoms with Crippen molar-refractivity contribution >= 4 is 21.4 Å². The summed E-state index contributed by atoms with van der Waals surface area (Å²) in [6, 6.07) is 3.98. The lowest BCUT2D eigenvalue weighted by Crippen LogP contribution is -2.36. The fourth-order valence-corrected chi connectivity index (χ4v) is 3.67. The number of hydrogen-bond donors (Lipinski definition) is 2. The number of sulfonamides is 1. The van der Waals surface area contributed by atoms with Gasteiger partial charge in [-0.1, -0.05) is 19.9 Å². The molecule has 0 radical (unpaired) electrons. The van der Waals surface area contributed by atoms with Crippen LogP contribution in [0.3, 0.4) is 0 Å². The first-order valence-electron chi connectivity index (χ1n) is 5.86. The number of hydrogen-bond acceptors (Lipinski definition) is 4. The third kappa shape index (κ3) is 3.23. The zero-order valence-corrected chi connectivity index (χ0v) is 12.7. The summed E-state index contributed by atoms with van der Waals surface area (Å²) in [5, 5.41) is 2.09. The highest BCUT2D eigenvalue weighted by molar-refractivity contribution is 7.89. The van der Waals surface area contributed by atoms with E-state index >= 15 is 0 Å². The Morgan fingerprint density at radius 2 is 2.21 bits per heavy atom. The van der Waals surface area contributed by atoms with Crippen molar-refractivity contribution in [3.8, 4) is 0 Å². The monoisotopic (exact) mass is 299 g/mol. The first-order chi connectivity index (χ1) is 8.81. The molecule has 2 N–H and O–H groups in total. The Labute approximate surface area is 117 Å². The molecule has 2 aromatic heterocycles. The van der Waals surface area contributed by atoms with Gasteiger partial charge < -0.3 is 4.98 Å². The maximum Gasteiger partial charge on any atom is 0.257 e. The maximum absolute atomic E-state index is 12.1. The van der Waals surface area contributed by atoms with Gasteiger partial charge in [0.05, 0.1) is 6.20 Å². The zero-order chi connectivity index (χ0) is 14.1. The van der Waals surface area contributed by atoms with Gasteiger partial charge >= 0.3 is 0 Å². The molecule has 0 aliphatic heterocycles. The van der Waals surface area contributed by atoms with Gasteiger partial charge in [0.15, 0.2) is 5.03 Å². The van der Waals surface area contributed by atoms with Crippen LogP contribution in [0.4, 0.5) is 0 Å². The fourth-order valence-electron chi connectivity index (χ4n) is 1.64. The summed E-state index contributed by atoms with van der Waals surface area (Å²) in [6.45, 7) is 6.08. The Morgan fingerprint density at radius 1 is 1.47 bits per heavy atom. The molecule has 7 heteroatoms. The van der Waals surface area contributed by atoms with Gasteiger partial charge in [-0.3, -0.25) is 0 Å². The Kier molecular flexibility index (Phi) is 3.80. The summed E-state index contributed by atoms with van der Waals surface area (Å²) in [7, 11) is -3.53. The normalized spacial score (nSPS) is 12.8. The quantitative estimate of drug-likeness (QED) is 0.887. The lowest BCUT2D eigenvalue weighted by molar-refractivity contribution is 0.508. The summed E-state index contributed by atoms with van der Waals surface area (Å²) in [5.74, 6) is 0.581. The molecule has 0 aliphatic rings. The van der Waals surface area contributed by atoms with Crippen LogP contribution in [-0.4, -0.2) is 24.9 Å². The number of aromatic nitrogens is 2. The van der Waals surface area contributed by atoms with Gasteiger partial charge in [-0.25, -0.2) is 18.1 Å². The molecule has 0 saturated heterocycles. The molecule has 0 aliphatic carbocycles. The molecule has 19 heavy (non-hydrogen) atoms. The average Bonchev–Trinajstić information content (AvgIpc) is 2.97. The molecule has 0 bridgehead atoms. The van der Waals surface area contributed by atoms with Crippen molar-refractivity contribution in [1.82, 2.24) is 14.7 Å². The largest absolute Gasteiger partial charge is 0.332 e. The third-order valence-electron chi connectivity index (χ3n) is 2.86. The van der Waals surface area contributed by atoms with E-state index in [1.165, 1.54) is 6.20 Å². The first-order valence-corrected chi connectivity index (χ1v) is 8.23. The molecule has 0 fully saturated rings. The van der Waals surface area contributed by atoms with Gasteiger partial charge in [-0.2, -0.15) is 0 Å². The minimum atomic E-state index is -3.53. The summed E-state index contributed by atoms with van der Waals surface area (Å²) < 4.78 is 26.8. The number of aryl methyl sites for hydroxylation is 1. The van der Waals surface area contributed by atoms with Crippen LogP contribution >= 0.6 is 11.3 Å². The predicted octanol–water partition coefficient (Wildman–Crippen LogP) is 2.04. The number of rotatable bonds is 5. The second-order valence-electron chi connectivity index (χ2n) is 5.02. The van der Waals surface area contributed by atoms with Crippen molar-refractivity contribution in [2.45, 2.75) is 31.2 Å². The van der Waals surface area contributed by atoms with E-state index < -0.39 is 10.0 Å². The van der Waals surface area contributed by atoms with Crippen LogP contribution in [0.25, 0.3) is 0 Å². The Bertz CT molecular complexity index is 642. The van der Waals surface area contributed by atoms with Gasteiger partial charge in [0.1, 0.15) is 5.82 Å². The molecular formula is C12H17N3O2S2. The molecule has 0 atom stereocenters. The van der Waals surface area contributed by atoms with Crippen LogP contribution in [-0.2, 0) is 15.4 Å². The Morgan fingerprint density at radius 3 is 2.74 bits per heavy atom.